The summed E-state index contributed by atoms with van der Waals surface area (Å²) in [5, 5.41) is 10.0. The van der Waals surface area contributed by atoms with E-state index in [1.165, 1.54) is 70.9 Å². The molecular formula is C48H34N2. The lowest BCUT2D eigenvalue weighted by atomic mass is 9.95. The average Bonchev–Trinajstić information content (AvgIpc) is 3.54. The van der Waals surface area contributed by atoms with Gasteiger partial charge in [0.15, 0.2) is 0 Å². The van der Waals surface area contributed by atoms with Gasteiger partial charge in [0.25, 0.3) is 0 Å². The van der Waals surface area contributed by atoms with E-state index in [4.69, 9.17) is 0 Å². The SMILES string of the molecule is C1=CCCC(n2c3ccccc3c3cccc(N(c4cccc(-c5ccccc5)c4)c4cc5c6ccccc6ccc5c5ccccc45)c32)=C1. The van der Waals surface area contributed by atoms with Crippen molar-refractivity contribution < 1.29 is 0 Å². The summed E-state index contributed by atoms with van der Waals surface area (Å²) in [6, 6.07) is 60.1. The number of nitrogens with zero attached hydrogens (tertiary/aromatic N) is 2. The van der Waals surface area contributed by atoms with E-state index >= 15 is 0 Å². The molecule has 2 heteroatoms. The second-order valence-corrected chi connectivity index (χ2v) is 13.2. The topological polar surface area (TPSA) is 8.17 Å². The molecule has 1 aromatic heterocycles. The Morgan fingerprint density at radius 1 is 0.460 bits per heavy atom. The zero-order valence-corrected chi connectivity index (χ0v) is 27.6. The van der Waals surface area contributed by atoms with E-state index in [-0.39, 0.29) is 0 Å². The number of benzene rings is 8. The zero-order valence-electron chi connectivity index (χ0n) is 27.6. The van der Waals surface area contributed by atoms with Crippen LogP contribution in [-0.4, -0.2) is 4.57 Å². The molecule has 50 heavy (non-hydrogen) atoms. The van der Waals surface area contributed by atoms with Gasteiger partial charge in [-0.2, -0.15) is 0 Å². The van der Waals surface area contributed by atoms with Crippen LogP contribution >= 0.6 is 0 Å². The maximum Gasteiger partial charge on any atom is 0.0779 e. The first-order chi connectivity index (χ1) is 24.8. The summed E-state index contributed by atoms with van der Waals surface area (Å²) in [6.07, 6.45) is 8.81. The first kappa shape index (κ1) is 28.6. The predicted molar refractivity (Wildman–Crippen MR) is 215 cm³/mol. The first-order valence-electron chi connectivity index (χ1n) is 17.5. The molecule has 0 unspecified atom stereocenters. The van der Waals surface area contributed by atoms with Gasteiger partial charge in [0.2, 0.25) is 0 Å². The molecule has 0 fully saturated rings. The fourth-order valence-corrected chi connectivity index (χ4v) is 8.15. The molecule has 0 aliphatic heterocycles. The third-order valence-electron chi connectivity index (χ3n) is 10.4. The van der Waals surface area contributed by atoms with Gasteiger partial charge in [-0.25, -0.2) is 0 Å². The van der Waals surface area contributed by atoms with Crippen molar-refractivity contribution in [1.29, 1.82) is 0 Å². The molecule has 0 saturated carbocycles. The maximum absolute atomic E-state index is 2.52. The van der Waals surface area contributed by atoms with Crippen LogP contribution in [0.4, 0.5) is 17.1 Å². The minimum absolute atomic E-state index is 0.993. The predicted octanol–water partition coefficient (Wildman–Crippen LogP) is 13.6. The van der Waals surface area contributed by atoms with Gasteiger partial charge in [-0.15, -0.1) is 0 Å². The Bertz CT molecular complexity index is 2820. The number of anilines is 3. The van der Waals surface area contributed by atoms with Crippen molar-refractivity contribution in [3.05, 3.63) is 182 Å². The fourth-order valence-electron chi connectivity index (χ4n) is 8.15. The van der Waals surface area contributed by atoms with Gasteiger partial charge in [-0.3, -0.25) is 0 Å². The normalized spacial score (nSPS) is 13.1. The number of allylic oxidation sites excluding steroid dienone is 4. The molecule has 10 rings (SSSR count). The van der Waals surface area contributed by atoms with Crippen LogP contribution in [-0.2, 0) is 0 Å². The average molecular weight is 639 g/mol. The Labute approximate surface area is 291 Å². The van der Waals surface area contributed by atoms with E-state index in [2.05, 4.69) is 191 Å². The van der Waals surface area contributed by atoms with Crippen LogP contribution < -0.4 is 4.90 Å². The molecule has 0 amide bonds. The lowest BCUT2D eigenvalue weighted by Crippen LogP contribution is -2.13. The van der Waals surface area contributed by atoms with Crippen molar-refractivity contribution in [3.8, 4) is 11.1 Å². The van der Waals surface area contributed by atoms with E-state index in [1.807, 2.05) is 0 Å². The van der Waals surface area contributed by atoms with Gasteiger partial charge in [-0.05, 0) is 87.3 Å². The number of aromatic nitrogens is 1. The van der Waals surface area contributed by atoms with Crippen LogP contribution in [0.25, 0.3) is 70.9 Å². The lowest BCUT2D eigenvalue weighted by Gasteiger charge is -2.29. The van der Waals surface area contributed by atoms with Crippen molar-refractivity contribution >= 4 is 76.9 Å². The summed E-state index contributed by atoms with van der Waals surface area (Å²) >= 11 is 0. The fraction of sp³-hybridized carbons (Fsp3) is 0.0417. The number of rotatable bonds is 5. The highest BCUT2D eigenvalue weighted by molar-refractivity contribution is 6.22. The van der Waals surface area contributed by atoms with Crippen LogP contribution in [0.15, 0.2) is 182 Å². The van der Waals surface area contributed by atoms with E-state index < -0.39 is 0 Å². The molecule has 9 aromatic rings. The molecular weight excluding hydrogens is 605 g/mol. The summed E-state index contributed by atoms with van der Waals surface area (Å²) < 4.78 is 2.52. The molecule has 0 bridgehead atoms. The van der Waals surface area contributed by atoms with Crippen molar-refractivity contribution in [2.24, 2.45) is 0 Å². The highest BCUT2D eigenvalue weighted by atomic mass is 15.2. The molecule has 0 saturated heterocycles. The maximum atomic E-state index is 2.52. The van der Waals surface area contributed by atoms with Crippen LogP contribution in [0.3, 0.4) is 0 Å². The molecule has 0 radical (unpaired) electrons. The van der Waals surface area contributed by atoms with Crippen LogP contribution in [0.5, 0.6) is 0 Å². The summed E-state index contributed by atoms with van der Waals surface area (Å²) in [5.41, 5.74) is 9.62. The first-order valence-corrected chi connectivity index (χ1v) is 17.5. The largest absolute Gasteiger partial charge is 0.311 e. The summed E-state index contributed by atoms with van der Waals surface area (Å²) in [6.45, 7) is 0. The Kier molecular flexibility index (Phi) is 6.67. The van der Waals surface area contributed by atoms with Gasteiger partial charge in [0, 0.05) is 27.5 Å². The van der Waals surface area contributed by atoms with E-state index in [1.54, 1.807) is 0 Å². The van der Waals surface area contributed by atoms with Gasteiger partial charge in [-0.1, -0.05) is 146 Å². The smallest absolute Gasteiger partial charge is 0.0779 e. The minimum Gasteiger partial charge on any atom is -0.311 e. The molecule has 0 N–H and O–H groups in total. The Balaban J connectivity index is 1.36. The van der Waals surface area contributed by atoms with Gasteiger partial charge < -0.3 is 9.47 Å². The summed E-state index contributed by atoms with van der Waals surface area (Å²) in [7, 11) is 0. The van der Waals surface area contributed by atoms with Crippen molar-refractivity contribution in [2.75, 3.05) is 4.90 Å². The molecule has 0 atom stereocenters. The van der Waals surface area contributed by atoms with Crippen LogP contribution in [0, 0.1) is 0 Å². The highest BCUT2D eigenvalue weighted by Crippen LogP contribution is 2.48. The van der Waals surface area contributed by atoms with E-state index in [0.717, 1.165) is 29.9 Å². The Morgan fingerprint density at radius 3 is 2.02 bits per heavy atom. The third kappa shape index (κ3) is 4.49. The lowest BCUT2D eigenvalue weighted by molar-refractivity contribution is 0.978. The minimum atomic E-state index is 0.993. The number of para-hydroxylation sites is 2. The molecule has 1 aliphatic carbocycles. The number of fused-ring (bicyclic) bond motifs is 8. The second kappa shape index (κ2) is 11.6. The summed E-state index contributed by atoms with van der Waals surface area (Å²) in [4.78, 5) is 2.52. The van der Waals surface area contributed by atoms with Gasteiger partial charge in [0.1, 0.15) is 0 Å². The zero-order chi connectivity index (χ0) is 33.0. The van der Waals surface area contributed by atoms with Gasteiger partial charge in [0.05, 0.1) is 22.4 Å². The van der Waals surface area contributed by atoms with Crippen molar-refractivity contribution in [1.82, 2.24) is 4.57 Å². The Hall–Kier alpha value is -6.38. The number of hydrogen-bond acceptors (Lipinski definition) is 1. The molecule has 2 nitrogen and oxygen atoms in total. The highest BCUT2D eigenvalue weighted by Gasteiger charge is 2.24. The summed E-state index contributed by atoms with van der Waals surface area (Å²) in [5.74, 6) is 0. The van der Waals surface area contributed by atoms with Crippen molar-refractivity contribution in [3.63, 3.8) is 0 Å². The third-order valence-corrected chi connectivity index (χ3v) is 10.4. The van der Waals surface area contributed by atoms with Crippen molar-refractivity contribution in [2.45, 2.75) is 12.8 Å². The molecule has 8 aromatic carbocycles. The molecule has 1 heterocycles. The molecule has 236 valence electrons. The van der Waals surface area contributed by atoms with Crippen LogP contribution in [0.1, 0.15) is 12.8 Å². The standard InChI is InChI=1S/C48H34N2/c1-3-15-33(16-4-1)35-18-13-21-37(31-35)49(47-32-44-38-22-8-7-17-34(38)29-30-40(44)39-23-9-10-24-41(39)47)46-28-14-26-43-42-25-11-12-27-45(42)50(48(43)46)36-19-5-2-6-20-36/h1-5,7-19,21-32H,6,20H2. The van der Waals surface area contributed by atoms with Crippen LogP contribution in [0.2, 0.25) is 0 Å². The monoisotopic (exact) mass is 638 g/mol. The second-order valence-electron chi connectivity index (χ2n) is 13.2. The van der Waals surface area contributed by atoms with E-state index in [0.29, 0.717) is 0 Å². The van der Waals surface area contributed by atoms with Gasteiger partial charge >= 0.3 is 0 Å². The Morgan fingerprint density at radius 2 is 1.16 bits per heavy atom. The van der Waals surface area contributed by atoms with E-state index in [9.17, 15) is 0 Å². The number of hydrogen-bond donors (Lipinski definition) is 0. The molecule has 0 spiro atoms. The molecule has 1 aliphatic rings. The quantitative estimate of drug-likeness (QED) is 0.170.